The number of hydrogen-bond donors (Lipinski definition) is 0. The summed E-state index contributed by atoms with van der Waals surface area (Å²) >= 11 is 12.0. The Morgan fingerprint density at radius 2 is 1.78 bits per heavy atom. The molecule has 90 valence electrons. The predicted molar refractivity (Wildman–Crippen MR) is 74.0 cm³/mol. The van der Waals surface area contributed by atoms with Gasteiger partial charge in [0.1, 0.15) is 11.0 Å². The van der Waals surface area contributed by atoms with Crippen molar-refractivity contribution in [3.63, 3.8) is 0 Å². The lowest BCUT2D eigenvalue weighted by Crippen LogP contribution is -1.90. The molecule has 0 radical (unpaired) electrons. The van der Waals surface area contributed by atoms with Gasteiger partial charge in [-0.15, -0.1) is 0 Å². The maximum atomic E-state index is 6.11. The van der Waals surface area contributed by atoms with E-state index < -0.39 is 0 Å². The standard InChI is InChI=1S/C13H9Cl2N3/c1-18-7-9(8-5-3-2-4-6-8)10-11(18)12(14)17-13(15)16-10/h2-7H,1H3. The van der Waals surface area contributed by atoms with E-state index in [4.69, 9.17) is 23.2 Å². The molecule has 0 aliphatic heterocycles. The summed E-state index contributed by atoms with van der Waals surface area (Å²) in [5.74, 6) is 0. The van der Waals surface area contributed by atoms with E-state index in [-0.39, 0.29) is 5.28 Å². The molecular formula is C13H9Cl2N3. The van der Waals surface area contributed by atoms with Crippen molar-refractivity contribution in [2.45, 2.75) is 0 Å². The molecule has 1 aromatic carbocycles. The maximum Gasteiger partial charge on any atom is 0.224 e. The van der Waals surface area contributed by atoms with E-state index in [1.807, 2.05) is 48.1 Å². The minimum absolute atomic E-state index is 0.163. The number of aromatic nitrogens is 3. The Hall–Kier alpha value is -1.58. The molecule has 0 unspecified atom stereocenters. The molecule has 0 saturated heterocycles. The van der Waals surface area contributed by atoms with Crippen LogP contribution >= 0.6 is 23.2 Å². The van der Waals surface area contributed by atoms with Gasteiger partial charge in [0.05, 0.1) is 0 Å². The molecule has 2 aromatic heterocycles. The van der Waals surface area contributed by atoms with Gasteiger partial charge in [0.15, 0.2) is 5.15 Å². The largest absolute Gasteiger partial charge is 0.346 e. The van der Waals surface area contributed by atoms with Crippen LogP contribution in [0.25, 0.3) is 22.2 Å². The highest BCUT2D eigenvalue weighted by Gasteiger charge is 2.14. The van der Waals surface area contributed by atoms with Gasteiger partial charge >= 0.3 is 0 Å². The normalized spacial score (nSPS) is 11.1. The molecule has 0 saturated carbocycles. The third-order valence-corrected chi connectivity index (χ3v) is 3.26. The molecule has 0 atom stereocenters. The summed E-state index contributed by atoms with van der Waals surface area (Å²) in [7, 11) is 1.91. The van der Waals surface area contributed by atoms with Crippen LogP contribution in [0.1, 0.15) is 0 Å². The summed E-state index contributed by atoms with van der Waals surface area (Å²) in [5.41, 5.74) is 3.64. The van der Waals surface area contributed by atoms with Gasteiger partial charge in [-0.05, 0) is 17.2 Å². The van der Waals surface area contributed by atoms with Crippen molar-refractivity contribution in [1.82, 2.24) is 14.5 Å². The second kappa shape index (κ2) is 4.26. The van der Waals surface area contributed by atoms with Gasteiger partial charge < -0.3 is 4.57 Å². The van der Waals surface area contributed by atoms with Gasteiger partial charge in [-0.25, -0.2) is 9.97 Å². The molecule has 18 heavy (non-hydrogen) atoms. The molecule has 0 amide bonds. The maximum absolute atomic E-state index is 6.11. The first-order valence-electron chi connectivity index (χ1n) is 5.40. The molecule has 0 aliphatic rings. The molecular weight excluding hydrogens is 269 g/mol. The summed E-state index contributed by atoms with van der Waals surface area (Å²) in [4.78, 5) is 8.25. The molecule has 3 nitrogen and oxygen atoms in total. The van der Waals surface area contributed by atoms with Gasteiger partial charge in [0.2, 0.25) is 5.28 Å². The Labute approximate surface area is 114 Å². The van der Waals surface area contributed by atoms with Crippen LogP contribution < -0.4 is 0 Å². The highest BCUT2D eigenvalue weighted by molar-refractivity contribution is 6.35. The van der Waals surface area contributed by atoms with Crippen LogP contribution in [0.15, 0.2) is 36.5 Å². The molecule has 0 fully saturated rings. The molecule has 0 aliphatic carbocycles. The number of halogens is 2. The van der Waals surface area contributed by atoms with E-state index in [1.54, 1.807) is 0 Å². The van der Waals surface area contributed by atoms with Gasteiger partial charge in [0.25, 0.3) is 0 Å². The Bertz CT molecular complexity index is 720. The Balaban J connectivity index is 2.38. The molecule has 0 N–H and O–H groups in total. The van der Waals surface area contributed by atoms with E-state index in [9.17, 15) is 0 Å². The van der Waals surface area contributed by atoms with Crippen LogP contribution in [0.3, 0.4) is 0 Å². The number of fused-ring (bicyclic) bond motifs is 1. The topological polar surface area (TPSA) is 30.7 Å². The lowest BCUT2D eigenvalue weighted by Gasteiger charge is -1.99. The zero-order chi connectivity index (χ0) is 12.7. The fraction of sp³-hybridized carbons (Fsp3) is 0.0769. The lowest BCUT2D eigenvalue weighted by molar-refractivity contribution is 0.963. The van der Waals surface area contributed by atoms with Crippen LogP contribution in [0.4, 0.5) is 0 Å². The Morgan fingerprint density at radius 3 is 2.50 bits per heavy atom. The van der Waals surface area contributed by atoms with E-state index in [1.165, 1.54) is 0 Å². The van der Waals surface area contributed by atoms with Gasteiger partial charge in [-0.2, -0.15) is 0 Å². The summed E-state index contributed by atoms with van der Waals surface area (Å²) in [6.07, 6.45) is 1.98. The average molecular weight is 278 g/mol. The van der Waals surface area contributed by atoms with Crippen LogP contribution in [0.5, 0.6) is 0 Å². The molecule has 5 heteroatoms. The number of hydrogen-bond acceptors (Lipinski definition) is 2. The molecule has 0 spiro atoms. The van der Waals surface area contributed by atoms with Crippen LogP contribution in [0.2, 0.25) is 10.4 Å². The molecule has 3 aromatic rings. The smallest absolute Gasteiger partial charge is 0.224 e. The Kier molecular flexibility index (Phi) is 2.73. The zero-order valence-electron chi connectivity index (χ0n) is 9.56. The van der Waals surface area contributed by atoms with Crippen molar-refractivity contribution in [3.8, 4) is 11.1 Å². The van der Waals surface area contributed by atoms with Crippen LogP contribution in [0, 0.1) is 0 Å². The third-order valence-electron chi connectivity index (χ3n) is 2.83. The zero-order valence-corrected chi connectivity index (χ0v) is 11.1. The van der Waals surface area contributed by atoms with Crippen molar-refractivity contribution < 1.29 is 0 Å². The number of benzene rings is 1. The fourth-order valence-electron chi connectivity index (χ4n) is 2.05. The highest BCUT2D eigenvalue weighted by atomic mass is 35.5. The molecule has 3 rings (SSSR count). The summed E-state index contributed by atoms with van der Waals surface area (Å²) < 4.78 is 1.91. The lowest BCUT2D eigenvalue weighted by atomic mass is 10.1. The van der Waals surface area contributed by atoms with Crippen molar-refractivity contribution in [1.29, 1.82) is 0 Å². The van der Waals surface area contributed by atoms with Crippen LogP contribution in [-0.4, -0.2) is 14.5 Å². The minimum atomic E-state index is 0.163. The number of aryl methyl sites for hydroxylation is 1. The number of nitrogens with zero attached hydrogens (tertiary/aromatic N) is 3. The first kappa shape index (κ1) is 11.5. The highest BCUT2D eigenvalue weighted by Crippen LogP contribution is 2.32. The summed E-state index contributed by atoms with van der Waals surface area (Å²) in [5, 5.41) is 0.533. The van der Waals surface area contributed by atoms with Crippen molar-refractivity contribution >= 4 is 34.2 Å². The van der Waals surface area contributed by atoms with Crippen molar-refractivity contribution in [3.05, 3.63) is 47.0 Å². The van der Waals surface area contributed by atoms with Gasteiger partial charge in [-0.1, -0.05) is 41.9 Å². The van der Waals surface area contributed by atoms with Gasteiger partial charge in [-0.3, -0.25) is 0 Å². The third kappa shape index (κ3) is 1.76. The number of rotatable bonds is 1. The quantitative estimate of drug-likeness (QED) is 0.498. The van der Waals surface area contributed by atoms with E-state index in [2.05, 4.69) is 9.97 Å². The average Bonchev–Trinajstić information content (AvgIpc) is 2.67. The van der Waals surface area contributed by atoms with E-state index in [0.717, 1.165) is 22.2 Å². The molecule has 2 heterocycles. The second-order valence-electron chi connectivity index (χ2n) is 4.00. The minimum Gasteiger partial charge on any atom is -0.346 e. The summed E-state index contributed by atoms with van der Waals surface area (Å²) in [6.45, 7) is 0. The second-order valence-corrected chi connectivity index (χ2v) is 4.70. The first-order chi connectivity index (χ1) is 8.66. The Morgan fingerprint density at radius 1 is 1.06 bits per heavy atom. The van der Waals surface area contributed by atoms with Crippen LogP contribution in [-0.2, 0) is 7.05 Å². The fourth-order valence-corrected chi connectivity index (χ4v) is 2.57. The van der Waals surface area contributed by atoms with Crippen molar-refractivity contribution in [2.75, 3.05) is 0 Å². The van der Waals surface area contributed by atoms with E-state index >= 15 is 0 Å². The van der Waals surface area contributed by atoms with Crippen molar-refractivity contribution in [2.24, 2.45) is 7.05 Å². The molecule has 0 bridgehead atoms. The SMILES string of the molecule is Cn1cc(-c2ccccc2)c2nc(Cl)nc(Cl)c21. The van der Waals surface area contributed by atoms with E-state index in [0.29, 0.717) is 5.15 Å². The monoisotopic (exact) mass is 277 g/mol. The first-order valence-corrected chi connectivity index (χ1v) is 6.16. The predicted octanol–water partition coefficient (Wildman–Crippen LogP) is 3.94. The summed E-state index contributed by atoms with van der Waals surface area (Å²) in [6, 6.07) is 10.00. The van der Waals surface area contributed by atoms with Gasteiger partial charge in [0, 0.05) is 18.8 Å².